The van der Waals surface area contributed by atoms with E-state index in [0.717, 1.165) is 19.3 Å². The van der Waals surface area contributed by atoms with E-state index in [2.05, 4.69) is 25.2 Å². The largest absolute Gasteiger partial charge is 0.444 e. The Morgan fingerprint density at radius 2 is 1.88 bits per heavy atom. The number of likely N-dealkylation sites (tertiary alicyclic amines) is 1. The van der Waals surface area contributed by atoms with Crippen LogP contribution in [0.3, 0.4) is 0 Å². The van der Waals surface area contributed by atoms with Crippen LogP contribution in [-0.2, 0) is 4.74 Å². The van der Waals surface area contributed by atoms with E-state index in [-0.39, 0.29) is 17.0 Å². The van der Waals surface area contributed by atoms with Gasteiger partial charge in [-0.3, -0.25) is 0 Å². The van der Waals surface area contributed by atoms with Gasteiger partial charge in [0, 0.05) is 24.7 Å². The van der Waals surface area contributed by atoms with Crippen LogP contribution < -0.4 is 5.32 Å². The average Bonchev–Trinajstić information content (AvgIpc) is 2.44. The molecular weight excluding hydrogens is 302 g/mol. The second kappa shape index (κ2) is 6.92. The molecule has 0 aromatic rings. The van der Waals surface area contributed by atoms with E-state index in [1.54, 1.807) is 4.90 Å². The molecule has 0 radical (unpaired) electrons. The second-order valence-electron chi connectivity index (χ2n) is 9.02. The highest BCUT2D eigenvalue weighted by Crippen LogP contribution is 2.38. The molecule has 0 bridgehead atoms. The molecule has 0 aromatic carbocycles. The van der Waals surface area contributed by atoms with Gasteiger partial charge in [0.1, 0.15) is 5.60 Å². The van der Waals surface area contributed by atoms with Crippen molar-refractivity contribution in [1.82, 2.24) is 10.2 Å². The number of amides is 1. The number of carbonyl (C=O) groups is 1. The highest BCUT2D eigenvalue weighted by atomic mass is 16.6. The third-order valence-corrected chi connectivity index (χ3v) is 5.36. The SMILES string of the molecule is CC(CC1(C#N)CCN(C(=O)OC(C)(C)C)CC1)NC1(C)CCC1. The minimum atomic E-state index is -0.475. The lowest BCUT2D eigenvalue weighted by Gasteiger charge is -2.44. The fourth-order valence-electron chi connectivity index (χ4n) is 3.89. The van der Waals surface area contributed by atoms with E-state index >= 15 is 0 Å². The number of nitrogens with one attached hydrogen (secondary N) is 1. The van der Waals surface area contributed by atoms with Gasteiger partial charge in [0.2, 0.25) is 0 Å². The van der Waals surface area contributed by atoms with Crippen LogP contribution in [0.25, 0.3) is 0 Å². The van der Waals surface area contributed by atoms with Gasteiger partial charge in [-0.15, -0.1) is 0 Å². The van der Waals surface area contributed by atoms with Gasteiger partial charge in [0.15, 0.2) is 0 Å². The van der Waals surface area contributed by atoms with E-state index < -0.39 is 5.60 Å². The quantitative estimate of drug-likeness (QED) is 0.848. The first kappa shape index (κ1) is 19.1. The van der Waals surface area contributed by atoms with Crippen molar-refractivity contribution in [3.63, 3.8) is 0 Å². The van der Waals surface area contributed by atoms with Crippen LogP contribution in [-0.4, -0.2) is 41.3 Å². The summed E-state index contributed by atoms with van der Waals surface area (Å²) in [4.78, 5) is 13.9. The first-order valence-corrected chi connectivity index (χ1v) is 9.23. The van der Waals surface area contributed by atoms with Crippen LogP contribution in [0.4, 0.5) is 4.79 Å². The summed E-state index contributed by atoms with van der Waals surface area (Å²) in [5.74, 6) is 0. The number of nitriles is 1. The molecule has 1 atom stereocenters. The lowest BCUT2D eigenvalue weighted by molar-refractivity contribution is 0.0133. The Kier molecular flexibility index (Phi) is 5.49. The van der Waals surface area contributed by atoms with E-state index in [1.807, 2.05) is 20.8 Å². The number of ether oxygens (including phenoxy) is 1. The maximum atomic E-state index is 12.2. The Bertz CT molecular complexity index is 492. The van der Waals surface area contributed by atoms with E-state index in [1.165, 1.54) is 19.3 Å². The number of nitrogens with zero attached hydrogens (tertiary/aromatic N) is 2. The lowest BCUT2D eigenvalue weighted by Crippen LogP contribution is -2.53. The second-order valence-corrected chi connectivity index (χ2v) is 9.02. The van der Waals surface area contributed by atoms with Gasteiger partial charge in [0.25, 0.3) is 0 Å². The van der Waals surface area contributed by atoms with E-state index in [9.17, 15) is 10.1 Å². The molecule has 1 saturated heterocycles. The summed E-state index contributed by atoms with van der Waals surface area (Å²) < 4.78 is 5.44. The zero-order valence-corrected chi connectivity index (χ0v) is 15.9. The first-order chi connectivity index (χ1) is 11.1. The zero-order valence-electron chi connectivity index (χ0n) is 15.9. The molecule has 5 nitrogen and oxygen atoms in total. The number of piperidine rings is 1. The minimum absolute atomic E-state index is 0.257. The maximum Gasteiger partial charge on any atom is 0.410 e. The van der Waals surface area contributed by atoms with Crippen molar-refractivity contribution in [2.24, 2.45) is 5.41 Å². The molecule has 1 saturated carbocycles. The Morgan fingerprint density at radius 1 is 1.29 bits per heavy atom. The molecule has 1 aliphatic carbocycles. The fraction of sp³-hybridized carbons (Fsp3) is 0.895. The molecule has 1 N–H and O–H groups in total. The van der Waals surface area contributed by atoms with Gasteiger partial charge < -0.3 is 15.0 Å². The Labute approximate surface area is 146 Å². The zero-order chi connectivity index (χ0) is 18.0. The molecule has 136 valence electrons. The van der Waals surface area contributed by atoms with Crippen molar-refractivity contribution < 1.29 is 9.53 Å². The van der Waals surface area contributed by atoms with Gasteiger partial charge in [-0.2, -0.15) is 5.26 Å². The van der Waals surface area contributed by atoms with Crippen molar-refractivity contribution in [2.45, 2.75) is 90.3 Å². The molecule has 2 aliphatic rings. The summed E-state index contributed by atoms with van der Waals surface area (Å²) in [5.41, 5.74) is -0.546. The Morgan fingerprint density at radius 3 is 2.29 bits per heavy atom. The molecular formula is C19H33N3O2. The number of carbonyl (C=O) groups excluding carboxylic acids is 1. The molecule has 5 heteroatoms. The normalized spacial score (nSPS) is 23.8. The molecule has 1 amide bonds. The average molecular weight is 335 g/mol. The van der Waals surface area contributed by atoms with Crippen LogP contribution in [0, 0.1) is 16.7 Å². The monoisotopic (exact) mass is 335 g/mol. The fourth-order valence-corrected chi connectivity index (χ4v) is 3.89. The van der Waals surface area contributed by atoms with Crippen molar-refractivity contribution in [1.29, 1.82) is 5.26 Å². The Balaban J connectivity index is 1.87. The van der Waals surface area contributed by atoms with Crippen molar-refractivity contribution in [3.05, 3.63) is 0 Å². The maximum absolute atomic E-state index is 12.2. The first-order valence-electron chi connectivity index (χ1n) is 9.23. The van der Waals surface area contributed by atoms with Crippen LogP contribution in [0.5, 0.6) is 0 Å². The van der Waals surface area contributed by atoms with E-state index in [4.69, 9.17) is 4.74 Å². The van der Waals surface area contributed by atoms with E-state index in [0.29, 0.717) is 19.1 Å². The molecule has 0 spiro atoms. The van der Waals surface area contributed by atoms with Crippen LogP contribution in [0.2, 0.25) is 0 Å². The molecule has 0 aromatic heterocycles. The summed E-state index contributed by atoms with van der Waals surface area (Å²) in [6.07, 6.45) is 5.79. The van der Waals surface area contributed by atoms with Crippen LogP contribution in [0.15, 0.2) is 0 Å². The Hall–Kier alpha value is -1.28. The highest BCUT2D eigenvalue weighted by Gasteiger charge is 2.40. The topological polar surface area (TPSA) is 65.4 Å². The smallest absolute Gasteiger partial charge is 0.410 e. The van der Waals surface area contributed by atoms with Gasteiger partial charge >= 0.3 is 6.09 Å². The third kappa shape index (κ3) is 4.86. The molecule has 2 fully saturated rings. The molecule has 2 rings (SSSR count). The van der Waals surface area contributed by atoms with Crippen LogP contribution >= 0.6 is 0 Å². The highest BCUT2D eigenvalue weighted by molar-refractivity contribution is 5.68. The van der Waals surface area contributed by atoms with Gasteiger partial charge in [0.05, 0.1) is 11.5 Å². The molecule has 1 unspecified atom stereocenters. The summed E-state index contributed by atoms with van der Waals surface area (Å²) in [6.45, 7) is 11.3. The number of hydrogen-bond acceptors (Lipinski definition) is 4. The van der Waals surface area contributed by atoms with Gasteiger partial charge in [-0.05, 0) is 73.1 Å². The summed E-state index contributed by atoms with van der Waals surface area (Å²) in [6, 6.07) is 2.88. The predicted octanol–water partition coefficient (Wildman–Crippen LogP) is 3.84. The summed E-state index contributed by atoms with van der Waals surface area (Å²) in [7, 11) is 0. The minimum Gasteiger partial charge on any atom is -0.444 e. The predicted molar refractivity (Wildman–Crippen MR) is 94.6 cm³/mol. The number of hydrogen-bond donors (Lipinski definition) is 1. The lowest BCUT2D eigenvalue weighted by atomic mass is 9.73. The van der Waals surface area contributed by atoms with Crippen molar-refractivity contribution >= 4 is 6.09 Å². The summed E-state index contributed by atoms with van der Waals surface area (Å²) in [5, 5.41) is 13.5. The molecule has 1 heterocycles. The standard InChI is InChI=1S/C19H33N3O2/c1-15(21-18(5)7-6-8-18)13-19(14-20)9-11-22(12-10-19)16(23)24-17(2,3)4/h15,21H,6-13H2,1-5H3. The summed E-state index contributed by atoms with van der Waals surface area (Å²) >= 11 is 0. The van der Waals surface area contributed by atoms with Gasteiger partial charge in [-0.1, -0.05) is 0 Å². The molecule has 24 heavy (non-hydrogen) atoms. The van der Waals surface area contributed by atoms with Crippen molar-refractivity contribution in [3.8, 4) is 6.07 Å². The van der Waals surface area contributed by atoms with Crippen LogP contribution in [0.1, 0.15) is 73.1 Å². The van der Waals surface area contributed by atoms with Crippen molar-refractivity contribution in [2.75, 3.05) is 13.1 Å². The number of rotatable bonds is 4. The third-order valence-electron chi connectivity index (χ3n) is 5.36. The van der Waals surface area contributed by atoms with Gasteiger partial charge in [-0.25, -0.2) is 4.79 Å². The molecule has 1 aliphatic heterocycles.